The van der Waals surface area contributed by atoms with Gasteiger partial charge < -0.3 is 14.6 Å². The van der Waals surface area contributed by atoms with E-state index in [-0.39, 0.29) is 0 Å². The van der Waals surface area contributed by atoms with Crippen LogP contribution in [0, 0.1) is 0 Å². The maximum absolute atomic E-state index is 5.07. The maximum Gasteiger partial charge on any atom is 0.207 e. The Kier molecular flexibility index (Phi) is 4.79. The molecule has 0 amide bonds. The molecule has 2 aromatic rings. The van der Waals surface area contributed by atoms with Crippen LogP contribution < -0.4 is 5.32 Å². The molecule has 0 unspecified atom stereocenters. The lowest BCUT2D eigenvalue weighted by Gasteiger charge is -2.12. The van der Waals surface area contributed by atoms with Crippen LogP contribution in [0.25, 0.3) is 0 Å². The van der Waals surface area contributed by atoms with Gasteiger partial charge in [0.1, 0.15) is 0 Å². The van der Waals surface area contributed by atoms with Crippen LogP contribution >= 0.6 is 31.9 Å². The van der Waals surface area contributed by atoms with Crippen molar-refractivity contribution in [2.75, 3.05) is 19.0 Å². The predicted molar refractivity (Wildman–Crippen MR) is 79.2 cm³/mol. The lowest BCUT2D eigenvalue weighted by Crippen LogP contribution is -2.07. The van der Waals surface area contributed by atoms with Crippen molar-refractivity contribution in [3.8, 4) is 0 Å². The molecule has 0 aliphatic rings. The highest BCUT2D eigenvalue weighted by Crippen LogP contribution is 2.32. The normalized spacial score (nSPS) is 10.6. The topological polar surface area (TPSA) is 39.1 Å². The Balaban J connectivity index is 2.21. The molecule has 0 spiro atoms. The number of imidazole rings is 1. The third-order valence-electron chi connectivity index (χ3n) is 2.45. The van der Waals surface area contributed by atoms with Crippen LogP contribution in [0.5, 0.6) is 0 Å². The van der Waals surface area contributed by atoms with Gasteiger partial charge in [-0.3, -0.25) is 0 Å². The SMILES string of the molecule is COCCn1ccnc1Nc1c(Br)cccc1Br. The second kappa shape index (κ2) is 6.36. The van der Waals surface area contributed by atoms with Crippen molar-refractivity contribution in [1.82, 2.24) is 9.55 Å². The largest absolute Gasteiger partial charge is 0.383 e. The molecule has 0 radical (unpaired) electrons. The number of ether oxygens (including phenoxy) is 1. The fraction of sp³-hybridized carbons (Fsp3) is 0.250. The molecule has 0 aliphatic heterocycles. The zero-order valence-electron chi connectivity index (χ0n) is 9.86. The van der Waals surface area contributed by atoms with Crippen LogP contribution in [-0.2, 0) is 11.3 Å². The summed E-state index contributed by atoms with van der Waals surface area (Å²) in [7, 11) is 1.69. The minimum Gasteiger partial charge on any atom is -0.383 e. The third-order valence-corrected chi connectivity index (χ3v) is 3.77. The molecule has 0 aliphatic carbocycles. The summed E-state index contributed by atoms with van der Waals surface area (Å²) in [6, 6.07) is 5.93. The second-order valence-electron chi connectivity index (χ2n) is 3.66. The van der Waals surface area contributed by atoms with Crippen molar-refractivity contribution >= 4 is 43.5 Å². The fourth-order valence-corrected chi connectivity index (χ4v) is 2.73. The standard InChI is InChI=1S/C12H13Br2N3O/c1-18-8-7-17-6-5-15-12(17)16-11-9(13)3-2-4-10(11)14/h2-6H,7-8H2,1H3,(H,15,16). The zero-order chi connectivity index (χ0) is 13.0. The summed E-state index contributed by atoms with van der Waals surface area (Å²) < 4.78 is 9.05. The number of halogens is 2. The molecule has 0 saturated heterocycles. The Labute approximate surface area is 123 Å². The van der Waals surface area contributed by atoms with E-state index in [9.17, 15) is 0 Å². The van der Waals surface area contributed by atoms with Crippen molar-refractivity contribution in [3.05, 3.63) is 39.5 Å². The Bertz CT molecular complexity index is 508. The third kappa shape index (κ3) is 3.13. The number of benzene rings is 1. The lowest BCUT2D eigenvalue weighted by molar-refractivity contribution is 0.188. The summed E-state index contributed by atoms with van der Waals surface area (Å²) in [5.41, 5.74) is 0.961. The molecule has 6 heteroatoms. The van der Waals surface area contributed by atoms with Gasteiger partial charge in [-0.2, -0.15) is 0 Å². The highest BCUT2D eigenvalue weighted by molar-refractivity contribution is 9.11. The van der Waals surface area contributed by atoms with Gasteiger partial charge in [-0.15, -0.1) is 0 Å². The second-order valence-corrected chi connectivity index (χ2v) is 5.37. The Morgan fingerprint density at radius 1 is 1.33 bits per heavy atom. The first-order valence-electron chi connectivity index (χ1n) is 5.43. The molecule has 0 atom stereocenters. The van der Waals surface area contributed by atoms with Gasteiger partial charge in [-0.05, 0) is 44.0 Å². The van der Waals surface area contributed by atoms with Crippen molar-refractivity contribution < 1.29 is 4.74 Å². The molecule has 18 heavy (non-hydrogen) atoms. The zero-order valence-corrected chi connectivity index (χ0v) is 13.0. The van der Waals surface area contributed by atoms with E-state index in [1.165, 1.54) is 0 Å². The lowest BCUT2D eigenvalue weighted by atomic mass is 10.3. The van der Waals surface area contributed by atoms with Crippen molar-refractivity contribution in [2.24, 2.45) is 0 Å². The van der Waals surface area contributed by atoms with Gasteiger partial charge in [-0.1, -0.05) is 6.07 Å². The van der Waals surface area contributed by atoms with E-state index in [1.54, 1.807) is 13.3 Å². The summed E-state index contributed by atoms with van der Waals surface area (Å²) in [4.78, 5) is 4.30. The van der Waals surface area contributed by atoms with Gasteiger partial charge in [-0.25, -0.2) is 4.98 Å². The van der Waals surface area contributed by atoms with E-state index >= 15 is 0 Å². The minimum absolute atomic E-state index is 0.655. The van der Waals surface area contributed by atoms with Crippen molar-refractivity contribution in [2.45, 2.75) is 6.54 Å². The monoisotopic (exact) mass is 373 g/mol. The number of para-hydroxylation sites is 1. The van der Waals surface area contributed by atoms with E-state index < -0.39 is 0 Å². The molecule has 4 nitrogen and oxygen atoms in total. The molecule has 96 valence electrons. The Morgan fingerprint density at radius 3 is 2.72 bits per heavy atom. The summed E-state index contributed by atoms with van der Waals surface area (Å²) in [6.45, 7) is 1.42. The molecule has 0 fully saturated rings. The van der Waals surface area contributed by atoms with Gasteiger partial charge in [0, 0.05) is 35.0 Å². The van der Waals surface area contributed by atoms with Crippen LogP contribution in [0.15, 0.2) is 39.5 Å². The number of anilines is 2. The fourth-order valence-electron chi connectivity index (χ4n) is 1.53. The predicted octanol–water partition coefficient (Wildman–Crippen LogP) is 3.80. The molecule has 0 saturated carbocycles. The summed E-state index contributed by atoms with van der Waals surface area (Å²) >= 11 is 7.03. The Morgan fingerprint density at radius 2 is 2.06 bits per heavy atom. The first kappa shape index (κ1) is 13.6. The van der Waals surface area contributed by atoms with Crippen LogP contribution in [0.2, 0.25) is 0 Å². The average molecular weight is 375 g/mol. The summed E-state index contributed by atoms with van der Waals surface area (Å²) in [6.07, 6.45) is 3.69. The van der Waals surface area contributed by atoms with Gasteiger partial charge >= 0.3 is 0 Å². The first-order valence-corrected chi connectivity index (χ1v) is 7.02. The molecule has 1 aromatic heterocycles. The number of nitrogens with one attached hydrogen (secondary N) is 1. The van der Waals surface area contributed by atoms with Gasteiger partial charge in [0.05, 0.1) is 12.3 Å². The van der Waals surface area contributed by atoms with E-state index in [2.05, 4.69) is 42.2 Å². The van der Waals surface area contributed by atoms with Gasteiger partial charge in [0.15, 0.2) is 0 Å². The number of nitrogens with zero attached hydrogens (tertiary/aromatic N) is 2. The number of hydrogen-bond donors (Lipinski definition) is 1. The number of aromatic nitrogens is 2. The van der Waals surface area contributed by atoms with E-state index in [0.717, 1.165) is 27.1 Å². The van der Waals surface area contributed by atoms with Crippen LogP contribution in [0.4, 0.5) is 11.6 Å². The Hall–Kier alpha value is -0.850. The quantitative estimate of drug-likeness (QED) is 0.865. The van der Waals surface area contributed by atoms with Gasteiger partial charge in [0.2, 0.25) is 5.95 Å². The first-order chi connectivity index (χ1) is 8.72. The highest BCUT2D eigenvalue weighted by Gasteiger charge is 2.08. The van der Waals surface area contributed by atoms with Gasteiger partial charge in [0.25, 0.3) is 0 Å². The van der Waals surface area contributed by atoms with E-state index in [0.29, 0.717) is 6.61 Å². The van der Waals surface area contributed by atoms with Crippen LogP contribution in [-0.4, -0.2) is 23.3 Å². The van der Waals surface area contributed by atoms with Crippen LogP contribution in [0.1, 0.15) is 0 Å². The molecule has 0 bridgehead atoms. The molecule has 1 heterocycles. The molecule has 1 N–H and O–H groups in total. The molecule has 2 rings (SSSR count). The summed E-state index contributed by atoms with van der Waals surface area (Å²) in [5.74, 6) is 0.791. The van der Waals surface area contributed by atoms with Crippen LogP contribution in [0.3, 0.4) is 0 Å². The number of methoxy groups -OCH3 is 1. The number of hydrogen-bond acceptors (Lipinski definition) is 3. The van der Waals surface area contributed by atoms with Crippen molar-refractivity contribution in [1.29, 1.82) is 0 Å². The average Bonchev–Trinajstić information content (AvgIpc) is 2.79. The van der Waals surface area contributed by atoms with E-state index in [1.807, 2.05) is 29.0 Å². The molecular formula is C12H13Br2N3O. The smallest absolute Gasteiger partial charge is 0.207 e. The highest BCUT2D eigenvalue weighted by atomic mass is 79.9. The number of rotatable bonds is 5. The molecular weight excluding hydrogens is 362 g/mol. The maximum atomic E-state index is 5.07. The van der Waals surface area contributed by atoms with Crippen molar-refractivity contribution in [3.63, 3.8) is 0 Å². The van der Waals surface area contributed by atoms with E-state index in [4.69, 9.17) is 4.74 Å². The molecule has 1 aromatic carbocycles. The summed E-state index contributed by atoms with van der Waals surface area (Å²) in [5, 5.41) is 3.30. The minimum atomic E-state index is 0.655.